The van der Waals surface area contributed by atoms with E-state index in [1.807, 2.05) is 36.1 Å². The number of hydrogen-bond acceptors (Lipinski definition) is 5. The van der Waals surface area contributed by atoms with Gasteiger partial charge in [0, 0.05) is 23.1 Å². The van der Waals surface area contributed by atoms with Crippen LogP contribution in [0.25, 0.3) is 11.5 Å². The molecule has 1 aliphatic heterocycles. The van der Waals surface area contributed by atoms with Gasteiger partial charge < -0.3 is 9.32 Å². The zero-order valence-corrected chi connectivity index (χ0v) is 18.7. The number of aryl methyl sites for hydroxylation is 1. The zero-order valence-electron chi connectivity index (χ0n) is 16.3. The second-order valence-electron chi connectivity index (χ2n) is 7.35. The molecule has 1 saturated heterocycles. The molecule has 0 atom stereocenters. The normalized spacial score (nSPS) is 15.3. The first kappa shape index (κ1) is 20.2. The highest BCUT2D eigenvalue weighted by Gasteiger charge is 2.31. The van der Waals surface area contributed by atoms with Crippen LogP contribution in [0.3, 0.4) is 0 Å². The maximum absolute atomic E-state index is 13.4. The maximum atomic E-state index is 13.4. The summed E-state index contributed by atoms with van der Waals surface area (Å²) in [5, 5.41) is -0.00250. The van der Waals surface area contributed by atoms with Gasteiger partial charge in [0.15, 0.2) is 0 Å². The number of rotatable bonds is 4. The average molecular weight is 475 g/mol. The summed E-state index contributed by atoms with van der Waals surface area (Å²) in [6.07, 6.45) is 4.31. The van der Waals surface area contributed by atoms with Gasteiger partial charge >= 0.3 is 0 Å². The van der Waals surface area contributed by atoms with Crippen LogP contribution in [0, 0.1) is 6.92 Å². The van der Waals surface area contributed by atoms with Gasteiger partial charge in [-0.15, -0.1) is 0 Å². The van der Waals surface area contributed by atoms with Gasteiger partial charge in [-0.1, -0.05) is 46.5 Å². The van der Waals surface area contributed by atoms with Gasteiger partial charge in [0.25, 0.3) is 0 Å². The third kappa shape index (κ3) is 4.26. The third-order valence-corrected chi connectivity index (χ3v) is 7.35. The lowest BCUT2D eigenvalue weighted by molar-refractivity contribution is 0.543. The molecule has 0 bridgehead atoms. The highest BCUT2D eigenvalue weighted by Crippen LogP contribution is 2.36. The number of sulfone groups is 1. The second-order valence-corrected chi connectivity index (χ2v) is 10.1. The first-order chi connectivity index (χ1) is 13.9. The number of aromatic nitrogens is 1. The molecule has 5 nitrogen and oxygen atoms in total. The van der Waals surface area contributed by atoms with Crippen LogP contribution >= 0.6 is 15.9 Å². The molecule has 2 aromatic carbocycles. The molecule has 4 rings (SSSR count). The van der Waals surface area contributed by atoms with Crippen molar-refractivity contribution in [2.75, 3.05) is 18.0 Å². The number of benzene rings is 2. The largest absolute Gasteiger partial charge is 0.419 e. The van der Waals surface area contributed by atoms with Crippen molar-refractivity contribution in [1.29, 1.82) is 0 Å². The Balaban J connectivity index is 1.83. The van der Waals surface area contributed by atoms with Crippen molar-refractivity contribution in [3.63, 3.8) is 0 Å². The molecule has 3 aromatic rings. The molecule has 0 saturated carbocycles. The number of nitrogens with zero attached hydrogens (tertiary/aromatic N) is 2. The molecule has 0 N–H and O–H groups in total. The average Bonchev–Trinajstić information content (AvgIpc) is 2.99. The Kier molecular flexibility index (Phi) is 5.79. The summed E-state index contributed by atoms with van der Waals surface area (Å²) in [5.41, 5.74) is 1.89. The lowest BCUT2D eigenvalue weighted by Crippen LogP contribution is -2.25. The Bertz CT molecular complexity index is 1080. The van der Waals surface area contributed by atoms with Crippen LogP contribution < -0.4 is 4.90 Å². The van der Waals surface area contributed by atoms with Crippen molar-refractivity contribution in [3.8, 4) is 11.5 Å². The van der Waals surface area contributed by atoms with Crippen LogP contribution in [-0.2, 0) is 9.84 Å². The topological polar surface area (TPSA) is 63.4 Å². The van der Waals surface area contributed by atoms with Crippen LogP contribution in [0.1, 0.15) is 31.2 Å². The van der Waals surface area contributed by atoms with E-state index in [4.69, 9.17) is 4.42 Å². The molecule has 1 fully saturated rings. The van der Waals surface area contributed by atoms with E-state index in [-0.39, 0.29) is 9.92 Å². The van der Waals surface area contributed by atoms with Gasteiger partial charge in [0.2, 0.25) is 26.6 Å². The van der Waals surface area contributed by atoms with Gasteiger partial charge in [-0.05, 0) is 56.2 Å². The van der Waals surface area contributed by atoms with Crippen molar-refractivity contribution < 1.29 is 12.8 Å². The van der Waals surface area contributed by atoms with E-state index < -0.39 is 9.84 Å². The van der Waals surface area contributed by atoms with E-state index in [0.717, 1.165) is 54.4 Å². The fourth-order valence-electron chi connectivity index (χ4n) is 3.49. The summed E-state index contributed by atoms with van der Waals surface area (Å²) < 4.78 is 33.8. The summed E-state index contributed by atoms with van der Waals surface area (Å²) in [7, 11) is -3.81. The van der Waals surface area contributed by atoms with Crippen LogP contribution in [-0.4, -0.2) is 26.5 Å². The highest BCUT2D eigenvalue weighted by atomic mass is 79.9. The smallest absolute Gasteiger partial charge is 0.236 e. The monoisotopic (exact) mass is 474 g/mol. The minimum Gasteiger partial charge on any atom is -0.419 e. The first-order valence-electron chi connectivity index (χ1n) is 9.78. The Morgan fingerprint density at radius 2 is 1.55 bits per heavy atom. The van der Waals surface area contributed by atoms with Crippen LogP contribution in [0.15, 0.2) is 67.3 Å². The van der Waals surface area contributed by atoms with Crippen molar-refractivity contribution >= 4 is 31.7 Å². The molecule has 2 heterocycles. The van der Waals surface area contributed by atoms with Gasteiger partial charge in [-0.3, -0.25) is 0 Å². The molecule has 0 aliphatic carbocycles. The van der Waals surface area contributed by atoms with Gasteiger partial charge in [0.1, 0.15) is 0 Å². The predicted octanol–water partition coefficient (Wildman–Crippen LogP) is 5.63. The third-order valence-electron chi connectivity index (χ3n) is 5.15. The SMILES string of the molecule is Cc1ccc(-c2nc(S(=O)(=O)c3ccc(Br)cc3)c(N3CCCCCC3)o2)cc1. The fraction of sp³-hybridized carbons (Fsp3) is 0.318. The quantitative estimate of drug-likeness (QED) is 0.490. The summed E-state index contributed by atoms with van der Waals surface area (Å²) >= 11 is 3.36. The molecule has 0 unspecified atom stereocenters. The van der Waals surface area contributed by atoms with Crippen LogP contribution in [0.2, 0.25) is 0 Å². The summed E-state index contributed by atoms with van der Waals surface area (Å²) in [5.74, 6) is 0.685. The zero-order chi connectivity index (χ0) is 20.4. The second kappa shape index (κ2) is 8.32. The van der Waals surface area contributed by atoms with Gasteiger partial charge in [-0.2, -0.15) is 4.98 Å². The van der Waals surface area contributed by atoms with Gasteiger partial charge in [0.05, 0.1) is 4.90 Å². The van der Waals surface area contributed by atoms with E-state index in [1.54, 1.807) is 24.3 Å². The molecule has 7 heteroatoms. The molecular formula is C22H23BrN2O3S. The van der Waals surface area contributed by atoms with E-state index in [1.165, 1.54) is 0 Å². The van der Waals surface area contributed by atoms with Crippen molar-refractivity contribution in [2.45, 2.75) is 42.5 Å². The Morgan fingerprint density at radius 3 is 2.17 bits per heavy atom. The van der Waals surface area contributed by atoms with E-state index >= 15 is 0 Å². The van der Waals surface area contributed by atoms with Crippen molar-refractivity contribution in [1.82, 2.24) is 4.98 Å². The highest BCUT2D eigenvalue weighted by molar-refractivity contribution is 9.10. The molecule has 0 spiro atoms. The molecular weight excluding hydrogens is 452 g/mol. The fourth-order valence-corrected chi connectivity index (χ4v) is 5.08. The van der Waals surface area contributed by atoms with Crippen LogP contribution in [0.5, 0.6) is 0 Å². The Labute approximate surface area is 179 Å². The van der Waals surface area contributed by atoms with E-state index in [2.05, 4.69) is 20.9 Å². The van der Waals surface area contributed by atoms with E-state index in [0.29, 0.717) is 11.8 Å². The summed E-state index contributed by atoms with van der Waals surface area (Å²) in [6.45, 7) is 3.54. The Hall–Kier alpha value is -2.12. The lowest BCUT2D eigenvalue weighted by Gasteiger charge is -2.20. The van der Waals surface area contributed by atoms with Crippen LogP contribution in [0.4, 0.5) is 5.88 Å². The standard InChI is InChI=1S/C22H23BrN2O3S/c1-16-6-8-17(9-7-16)20-24-21(22(28-20)25-14-4-2-3-5-15-25)29(26,27)19-12-10-18(23)11-13-19/h6-13H,2-5,14-15H2,1H3. The molecule has 0 amide bonds. The van der Waals surface area contributed by atoms with Crippen molar-refractivity contribution in [3.05, 3.63) is 58.6 Å². The number of oxazole rings is 1. The van der Waals surface area contributed by atoms with Crippen molar-refractivity contribution in [2.24, 2.45) is 0 Å². The number of halogens is 1. The minimum absolute atomic E-state index is 0.00250. The number of anilines is 1. The van der Waals surface area contributed by atoms with E-state index in [9.17, 15) is 8.42 Å². The maximum Gasteiger partial charge on any atom is 0.236 e. The van der Waals surface area contributed by atoms with Gasteiger partial charge in [-0.25, -0.2) is 8.42 Å². The summed E-state index contributed by atoms with van der Waals surface area (Å²) in [4.78, 5) is 6.72. The number of hydrogen-bond donors (Lipinski definition) is 0. The minimum atomic E-state index is -3.81. The molecule has 1 aliphatic rings. The molecule has 152 valence electrons. The predicted molar refractivity (Wildman–Crippen MR) is 117 cm³/mol. The Morgan fingerprint density at radius 1 is 0.931 bits per heavy atom. The molecule has 29 heavy (non-hydrogen) atoms. The first-order valence-corrected chi connectivity index (χ1v) is 12.1. The summed E-state index contributed by atoms with van der Waals surface area (Å²) in [6, 6.07) is 14.4. The lowest BCUT2D eigenvalue weighted by atomic mass is 10.1. The molecule has 0 radical (unpaired) electrons. The molecule has 1 aromatic heterocycles.